The molecule has 3 aliphatic heterocycles. The molecule has 3 aliphatic rings. The Hall–Kier alpha value is -4.06. The average molecular weight is 450 g/mol. The third-order valence-electron chi connectivity index (χ3n) is 7.40. The molecule has 3 aromatic rings. The first-order valence-corrected chi connectivity index (χ1v) is 11.4. The van der Waals surface area contributed by atoms with Gasteiger partial charge in [0.2, 0.25) is 5.91 Å². The SMILES string of the molecule is CC(=O)[C@@H]1[C@@H](C(=O)c2ccccn2)[C@]2(C(=O)Nc3ccccc32)[C@H]2C=Cc3cc(C)ccc3N12. The van der Waals surface area contributed by atoms with E-state index in [0.717, 1.165) is 22.4 Å². The number of anilines is 2. The number of nitrogens with one attached hydrogen (secondary N) is 1. The predicted molar refractivity (Wildman–Crippen MR) is 130 cm³/mol. The number of benzene rings is 2. The first kappa shape index (κ1) is 20.5. The molecule has 4 heterocycles. The molecule has 1 aromatic heterocycles. The molecule has 0 aliphatic carbocycles. The maximum atomic E-state index is 14.1. The summed E-state index contributed by atoms with van der Waals surface area (Å²) in [5.41, 5.74) is 3.33. The van der Waals surface area contributed by atoms with Crippen molar-refractivity contribution in [3.63, 3.8) is 0 Å². The van der Waals surface area contributed by atoms with Crippen LogP contribution in [-0.4, -0.2) is 34.5 Å². The maximum Gasteiger partial charge on any atom is 0.238 e. The number of hydrogen-bond acceptors (Lipinski definition) is 5. The molecule has 0 saturated carbocycles. The molecule has 0 bridgehead atoms. The minimum absolute atomic E-state index is 0.157. The van der Waals surface area contributed by atoms with Gasteiger partial charge >= 0.3 is 0 Å². The minimum atomic E-state index is -1.26. The first-order valence-electron chi connectivity index (χ1n) is 11.4. The summed E-state index contributed by atoms with van der Waals surface area (Å²) in [5, 5.41) is 3.01. The molecule has 1 fully saturated rings. The van der Waals surface area contributed by atoms with E-state index in [1.54, 1.807) is 24.4 Å². The Morgan fingerprint density at radius 3 is 2.62 bits per heavy atom. The van der Waals surface area contributed by atoms with Gasteiger partial charge < -0.3 is 10.2 Å². The number of Topliss-reactive ketones (excluding diaryl/α,β-unsaturated/α-hetero) is 2. The normalized spacial score (nSPS) is 26.1. The summed E-state index contributed by atoms with van der Waals surface area (Å²) in [4.78, 5) is 47.7. The van der Waals surface area contributed by atoms with Crippen LogP contribution in [0.15, 0.2) is 72.9 Å². The molecule has 1 saturated heterocycles. The van der Waals surface area contributed by atoms with Crippen molar-refractivity contribution >= 4 is 34.9 Å². The largest absolute Gasteiger partial charge is 0.352 e. The smallest absolute Gasteiger partial charge is 0.238 e. The first-order chi connectivity index (χ1) is 16.4. The van der Waals surface area contributed by atoms with Crippen LogP contribution in [-0.2, 0) is 15.0 Å². The van der Waals surface area contributed by atoms with E-state index in [-0.39, 0.29) is 23.2 Å². The molecule has 6 heteroatoms. The van der Waals surface area contributed by atoms with Gasteiger partial charge in [-0.1, -0.05) is 48.0 Å². The number of hydrogen-bond donors (Lipinski definition) is 1. The van der Waals surface area contributed by atoms with Crippen LogP contribution in [0.3, 0.4) is 0 Å². The molecule has 0 radical (unpaired) electrons. The van der Waals surface area contributed by atoms with Crippen LogP contribution in [0.25, 0.3) is 6.08 Å². The zero-order valence-electron chi connectivity index (χ0n) is 18.9. The molecule has 34 heavy (non-hydrogen) atoms. The number of ketones is 2. The standard InChI is InChI=1S/C28H23N3O3/c1-16-10-12-22-18(15-16)11-13-23-28(19-7-3-4-8-20(19)30-27(28)34)24(25(17(2)32)31(22)23)26(33)21-9-5-6-14-29-21/h3-15,23-25H,1-2H3,(H,30,34)/t23-,24+,25-,28-/m1/s1. The number of carbonyl (C=O) groups excluding carboxylic acids is 3. The maximum absolute atomic E-state index is 14.1. The van der Waals surface area contributed by atoms with E-state index < -0.39 is 23.4 Å². The Balaban J connectivity index is 1.67. The van der Waals surface area contributed by atoms with Crippen LogP contribution < -0.4 is 10.2 Å². The van der Waals surface area contributed by atoms with Crippen LogP contribution in [0, 0.1) is 12.8 Å². The zero-order chi connectivity index (χ0) is 23.6. The lowest BCUT2D eigenvalue weighted by molar-refractivity contribution is -0.122. The van der Waals surface area contributed by atoms with E-state index in [1.807, 2.05) is 60.4 Å². The second-order valence-electron chi connectivity index (χ2n) is 9.25. The Labute approximate surface area is 197 Å². The third kappa shape index (κ3) is 2.56. The Kier molecular flexibility index (Phi) is 4.36. The van der Waals surface area contributed by atoms with E-state index >= 15 is 0 Å². The summed E-state index contributed by atoms with van der Waals surface area (Å²) in [6.45, 7) is 3.52. The number of fused-ring (bicyclic) bond motifs is 6. The molecule has 6 rings (SSSR count). The van der Waals surface area contributed by atoms with Crippen LogP contribution in [0.2, 0.25) is 0 Å². The van der Waals surface area contributed by atoms with Crippen molar-refractivity contribution in [2.24, 2.45) is 5.92 Å². The number of aryl methyl sites for hydroxylation is 1. The van der Waals surface area contributed by atoms with Crippen LogP contribution in [0.1, 0.15) is 34.1 Å². The van der Waals surface area contributed by atoms with Gasteiger partial charge in [0, 0.05) is 17.6 Å². The number of para-hydroxylation sites is 1. The number of nitrogens with zero attached hydrogens (tertiary/aromatic N) is 2. The van der Waals surface area contributed by atoms with Crippen LogP contribution in [0.4, 0.5) is 11.4 Å². The van der Waals surface area contributed by atoms with E-state index in [2.05, 4.69) is 16.4 Å². The van der Waals surface area contributed by atoms with Crippen molar-refractivity contribution in [3.05, 3.63) is 95.3 Å². The fraction of sp³-hybridized carbons (Fsp3) is 0.214. The van der Waals surface area contributed by atoms with Crippen molar-refractivity contribution in [1.29, 1.82) is 0 Å². The van der Waals surface area contributed by atoms with Gasteiger partial charge in [-0.15, -0.1) is 0 Å². The van der Waals surface area contributed by atoms with Crippen molar-refractivity contribution in [2.45, 2.75) is 31.3 Å². The van der Waals surface area contributed by atoms with Gasteiger partial charge in [0.15, 0.2) is 11.6 Å². The molecule has 0 unspecified atom stereocenters. The molecule has 1 spiro atoms. The van der Waals surface area contributed by atoms with E-state index in [4.69, 9.17) is 0 Å². The third-order valence-corrected chi connectivity index (χ3v) is 7.40. The summed E-state index contributed by atoms with van der Waals surface area (Å²) in [6, 6.07) is 17.3. The summed E-state index contributed by atoms with van der Waals surface area (Å²) in [6.07, 6.45) is 5.54. The summed E-state index contributed by atoms with van der Waals surface area (Å²) in [7, 11) is 0. The molecule has 1 amide bonds. The molecule has 4 atom stereocenters. The van der Waals surface area contributed by atoms with Gasteiger partial charge in [0.05, 0.1) is 18.0 Å². The van der Waals surface area contributed by atoms with Crippen LogP contribution >= 0.6 is 0 Å². The lowest BCUT2D eigenvalue weighted by Gasteiger charge is -2.37. The van der Waals surface area contributed by atoms with Crippen molar-refractivity contribution < 1.29 is 14.4 Å². The lowest BCUT2D eigenvalue weighted by atomic mass is 9.64. The van der Waals surface area contributed by atoms with Gasteiger partial charge in [-0.2, -0.15) is 0 Å². The number of amides is 1. The molecular formula is C28H23N3O3. The molecule has 6 nitrogen and oxygen atoms in total. The second-order valence-corrected chi connectivity index (χ2v) is 9.25. The Bertz CT molecular complexity index is 1400. The van der Waals surface area contributed by atoms with Crippen molar-refractivity contribution in [2.75, 3.05) is 10.2 Å². The van der Waals surface area contributed by atoms with Crippen molar-refractivity contribution in [1.82, 2.24) is 4.98 Å². The monoisotopic (exact) mass is 449 g/mol. The quantitative estimate of drug-likeness (QED) is 0.613. The van der Waals surface area contributed by atoms with E-state index in [0.29, 0.717) is 5.69 Å². The summed E-state index contributed by atoms with van der Waals surface area (Å²) in [5.74, 6) is -1.66. The summed E-state index contributed by atoms with van der Waals surface area (Å²) >= 11 is 0. The molecule has 168 valence electrons. The van der Waals surface area contributed by atoms with E-state index in [9.17, 15) is 14.4 Å². The van der Waals surface area contributed by atoms with E-state index in [1.165, 1.54) is 6.92 Å². The zero-order valence-corrected chi connectivity index (χ0v) is 18.9. The van der Waals surface area contributed by atoms with Crippen LogP contribution in [0.5, 0.6) is 0 Å². The fourth-order valence-corrected chi connectivity index (χ4v) is 6.12. The van der Waals surface area contributed by atoms with Gasteiger partial charge in [-0.05, 0) is 55.3 Å². The lowest BCUT2D eigenvalue weighted by Crippen LogP contribution is -2.51. The number of pyridine rings is 1. The number of rotatable bonds is 3. The molecular weight excluding hydrogens is 426 g/mol. The van der Waals surface area contributed by atoms with Gasteiger partial charge in [0.25, 0.3) is 0 Å². The highest BCUT2D eigenvalue weighted by molar-refractivity contribution is 6.16. The Morgan fingerprint density at radius 1 is 1.06 bits per heavy atom. The number of aromatic nitrogens is 1. The highest BCUT2D eigenvalue weighted by Gasteiger charge is 2.70. The summed E-state index contributed by atoms with van der Waals surface area (Å²) < 4.78 is 0. The van der Waals surface area contributed by atoms with Gasteiger partial charge in [-0.3, -0.25) is 19.4 Å². The topological polar surface area (TPSA) is 79.4 Å². The highest BCUT2D eigenvalue weighted by atomic mass is 16.2. The highest BCUT2D eigenvalue weighted by Crippen LogP contribution is 2.57. The molecule has 2 aromatic carbocycles. The van der Waals surface area contributed by atoms with Gasteiger partial charge in [-0.25, -0.2) is 0 Å². The average Bonchev–Trinajstić information content (AvgIpc) is 3.32. The minimum Gasteiger partial charge on any atom is -0.352 e. The fourth-order valence-electron chi connectivity index (χ4n) is 6.12. The van der Waals surface area contributed by atoms with Crippen molar-refractivity contribution in [3.8, 4) is 0 Å². The Morgan fingerprint density at radius 2 is 1.85 bits per heavy atom. The molecule has 1 N–H and O–H groups in total. The predicted octanol–water partition coefficient (Wildman–Crippen LogP) is 3.95. The number of carbonyl (C=O) groups is 3. The van der Waals surface area contributed by atoms with Gasteiger partial charge in [0.1, 0.15) is 11.1 Å². The second kappa shape index (κ2) is 7.22.